The van der Waals surface area contributed by atoms with Crippen molar-refractivity contribution in [3.63, 3.8) is 0 Å². The molecular formula is C28H36N2O5. The third kappa shape index (κ3) is 7.07. The van der Waals surface area contributed by atoms with E-state index in [2.05, 4.69) is 34.9 Å². The maximum absolute atomic E-state index is 12.8. The van der Waals surface area contributed by atoms with E-state index in [1.165, 1.54) is 11.1 Å². The van der Waals surface area contributed by atoms with Crippen molar-refractivity contribution in [2.24, 2.45) is 17.8 Å². The molecule has 3 N–H and O–H groups in total. The Labute approximate surface area is 207 Å². The normalized spacial score (nSPS) is 14.1. The van der Waals surface area contributed by atoms with Gasteiger partial charge in [-0.2, -0.15) is 0 Å². The summed E-state index contributed by atoms with van der Waals surface area (Å²) in [6.45, 7) is 6.63. The number of carboxylic acid groups (broad SMARTS) is 1. The van der Waals surface area contributed by atoms with Crippen molar-refractivity contribution >= 4 is 18.0 Å². The van der Waals surface area contributed by atoms with Crippen LogP contribution in [0.3, 0.4) is 0 Å². The number of hydrogen-bond acceptors (Lipinski definition) is 4. The molecule has 35 heavy (non-hydrogen) atoms. The van der Waals surface area contributed by atoms with Crippen LogP contribution in [0.2, 0.25) is 0 Å². The molecule has 1 aliphatic rings. The SMILES string of the molecule is CCC(CNC(=O)C(CNC(=O)OCC1c2ccccc2-c2ccccc21)CC(C)C)CC(=O)O. The van der Waals surface area contributed by atoms with E-state index in [9.17, 15) is 14.4 Å². The van der Waals surface area contributed by atoms with Crippen LogP contribution < -0.4 is 10.6 Å². The van der Waals surface area contributed by atoms with Crippen LogP contribution >= 0.6 is 0 Å². The third-order valence-corrected chi connectivity index (χ3v) is 6.57. The summed E-state index contributed by atoms with van der Waals surface area (Å²) >= 11 is 0. The van der Waals surface area contributed by atoms with Crippen molar-refractivity contribution in [1.82, 2.24) is 10.6 Å². The monoisotopic (exact) mass is 480 g/mol. The molecule has 2 aromatic rings. The highest BCUT2D eigenvalue weighted by atomic mass is 16.5. The zero-order valence-corrected chi connectivity index (χ0v) is 20.8. The number of carboxylic acids is 1. The average Bonchev–Trinajstić information content (AvgIpc) is 3.16. The number of carbonyl (C=O) groups is 3. The molecule has 0 radical (unpaired) electrons. The zero-order valence-electron chi connectivity index (χ0n) is 20.8. The Hall–Kier alpha value is -3.35. The predicted octanol–water partition coefficient (Wildman–Crippen LogP) is 4.80. The molecule has 0 bridgehead atoms. The summed E-state index contributed by atoms with van der Waals surface area (Å²) in [6.07, 6.45) is 0.736. The molecule has 2 aromatic carbocycles. The molecule has 1 aliphatic carbocycles. The number of aliphatic carboxylic acids is 1. The Morgan fingerprint density at radius 2 is 1.54 bits per heavy atom. The van der Waals surface area contributed by atoms with Gasteiger partial charge >= 0.3 is 12.1 Å². The molecular weight excluding hydrogens is 444 g/mol. The molecule has 0 heterocycles. The zero-order chi connectivity index (χ0) is 25.4. The lowest BCUT2D eigenvalue weighted by Gasteiger charge is -2.21. The largest absolute Gasteiger partial charge is 0.481 e. The summed E-state index contributed by atoms with van der Waals surface area (Å²) < 4.78 is 5.59. The highest BCUT2D eigenvalue weighted by Crippen LogP contribution is 2.44. The Morgan fingerprint density at radius 3 is 2.09 bits per heavy atom. The van der Waals surface area contributed by atoms with Gasteiger partial charge in [-0.1, -0.05) is 75.7 Å². The molecule has 2 atom stereocenters. The van der Waals surface area contributed by atoms with E-state index in [4.69, 9.17) is 9.84 Å². The van der Waals surface area contributed by atoms with Gasteiger partial charge in [-0.15, -0.1) is 0 Å². The van der Waals surface area contributed by atoms with Gasteiger partial charge < -0.3 is 20.5 Å². The van der Waals surface area contributed by atoms with Gasteiger partial charge in [-0.3, -0.25) is 9.59 Å². The van der Waals surface area contributed by atoms with Gasteiger partial charge in [-0.25, -0.2) is 4.79 Å². The fourth-order valence-corrected chi connectivity index (χ4v) is 4.71. The molecule has 0 spiro atoms. The lowest BCUT2D eigenvalue weighted by atomic mass is 9.95. The molecule has 7 nitrogen and oxygen atoms in total. The van der Waals surface area contributed by atoms with Crippen molar-refractivity contribution in [3.05, 3.63) is 59.7 Å². The molecule has 2 unspecified atom stereocenters. The van der Waals surface area contributed by atoms with Gasteiger partial charge in [-0.05, 0) is 40.5 Å². The number of ether oxygens (including phenoxy) is 1. The molecule has 0 saturated heterocycles. The number of carbonyl (C=O) groups excluding carboxylic acids is 2. The number of benzene rings is 2. The summed E-state index contributed by atoms with van der Waals surface area (Å²) in [5, 5.41) is 14.6. The molecule has 2 amide bonds. The Bertz CT molecular complexity index is 990. The summed E-state index contributed by atoms with van der Waals surface area (Å²) in [5.74, 6) is -1.36. The quantitative estimate of drug-likeness (QED) is 0.405. The Morgan fingerprint density at radius 1 is 0.943 bits per heavy atom. The molecule has 188 valence electrons. The van der Waals surface area contributed by atoms with Gasteiger partial charge in [0.25, 0.3) is 0 Å². The highest BCUT2D eigenvalue weighted by Gasteiger charge is 2.29. The van der Waals surface area contributed by atoms with Gasteiger partial charge in [0, 0.05) is 25.4 Å². The van der Waals surface area contributed by atoms with Crippen LogP contribution in [-0.4, -0.2) is 42.8 Å². The number of hydrogen-bond donors (Lipinski definition) is 3. The second-order valence-electron chi connectivity index (χ2n) is 9.65. The lowest BCUT2D eigenvalue weighted by molar-refractivity contribution is -0.138. The Kier molecular flexibility index (Phi) is 9.29. The van der Waals surface area contributed by atoms with Crippen molar-refractivity contribution < 1.29 is 24.2 Å². The number of fused-ring (bicyclic) bond motifs is 3. The second kappa shape index (κ2) is 12.4. The van der Waals surface area contributed by atoms with E-state index < -0.39 is 18.0 Å². The van der Waals surface area contributed by atoms with Crippen LogP contribution in [0.5, 0.6) is 0 Å². The molecule has 0 fully saturated rings. The maximum atomic E-state index is 12.8. The van der Waals surface area contributed by atoms with E-state index in [1.807, 2.05) is 45.0 Å². The topological polar surface area (TPSA) is 105 Å². The summed E-state index contributed by atoms with van der Waals surface area (Å²) in [7, 11) is 0. The van der Waals surface area contributed by atoms with Gasteiger partial charge in [0.15, 0.2) is 0 Å². The van der Waals surface area contributed by atoms with Crippen molar-refractivity contribution in [2.45, 2.75) is 46.0 Å². The number of amides is 2. The first kappa shape index (κ1) is 26.3. The fourth-order valence-electron chi connectivity index (χ4n) is 4.71. The van der Waals surface area contributed by atoms with Crippen LogP contribution in [0.4, 0.5) is 4.79 Å². The van der Waals surface area contributed by atoms with Crippen molar-refractivity contribution in [3.8, 4) is 11.1 Å². The van der Waals surface area contributed by atoms with Crippen LogP contribution in [0.1, 0.15) is 57.1 Å². The summed E-state index contributed by atoms with van der Waals surface area (Å²) in [6, 6.07) is 16.3. The van der Waals surface area contributed by atoms with Gasteiger partial charge in [0.05, 0.1) is 5.92 Å². The van der Waals surface area contributed by atoms with Crippen LogP contribution in [0, 0.1) is 17.8 Å². The molecule has 3 rings (SSSR count). The first-order valence-electron chi connectivity index (χ1n) is 12.4. The molecule has 0 saturated carbocycles. The standard InChI is InChI=1S/C28H36N2O5/c1-4-19(14-26(31)32)15-29-27(33)20(13-18(2)3)16-30-28(34)35-17-25-23-11-7-5-9-21(23)22-10-6-8-12-24(22)25/h5-12,18-20,25H,4,13-17H2,1-3H3,(H,29,33)(H,30,34)(H,31,32). The highest BCUT2D eigenvalue weighted by molar-refractivity contribution is 5.80. The molecule has 7 heteroatoms. The van der Waals surface area contributed by atoms with Crippen LogP contribution in [-0.2, 0) is 14.3 Å². The summed E-state index contributed by atoms with van der Waals surface area (Å²) in [4.78, 5) is 36.3. The Balaban J connectivity index is 1.54. The number of alkyl carbamates (subject to hydrolysis) is 1. The maximum Gasteiger partial charge on any atom is 0.407 e. The number of rotatable bonds is 12. The van der Waals surface area contributed by atoms with E-state index in [0.29, 0.717) is 19.4 Å². The van der Waals surface area contributed by atoms with Crippen molar-refractivity contribution in [1.29, 1.82) is 0 Å². The van der Waals surface area contributed by atoms with Gasteiger partial charge in [0.1, 0.15) is 6.61 Å². The minimum Gasteiger partial charge on any atom is -0.481 e. The second-order valence-corrected chi connectivity index (χ2v) is 9.65. The lowest BCUT2D eigenvalue weighted by Crippen LogP contribution is -2.41. The average molecular weight is 481 g/mol. The van der Waals surface area contributed by atoms with E-state index in [-0.39, 0.29) is 43.2 Å². The fraction of sp³-hybridized carbons (Fsp3) is 0.464. The van der Waals surface area contributed by atoms with E-state index >= 15 is 0 Å². The number of nitrogens with one attached hydrogen (secondary N) is 2. The van der Waals surface area contributed by atoms with Gasteiger partial charge in [0.2, 0.25) is 5.91 Å². The smallest absolute Gasteiger partial charge is 0.407 e. The first-order chi connectivity index (χ1) is 16.8. The predicted molar refractivity (Wildman–Crippen MR) is 135 cm³/mol. The molecule has 0 aliphatic heterocycles. The third-order valence-electron chi connectivity index (χ3n) is 6.57. The van der Waals surface area contributed by atoms with Crippen molar-refractivity contribution in [2.75, 3.05) is 19.7 Å². The minimum absolute atomic E-state index is 0.0175. The van der Waals surface area contributed by atoms with Crippen LogP contribution in [0.15, 0.2) is 48.5 Å². The summed E-state index contributed by atoms with van der Waals surface area (Å²) in [5.41, 5.74) is 4.62. The first-order valence-corrected chi connectivity index (χ1v) is 12.4. The van der Waals surface area contributed by atoms with E-state index in [0.717, 1.165) is 11.1 Å². The van der Waals surface area contributed by atoms with Crippen LogP contribution in [0.25, 0.3) is 11.1 Å². The molecule has 0 aromatic heterocycles. The minimum atomic E-state index is -0.873. The van der Waals surface area contributed by atoms with E-state index in [1.54, 1.807) is 0 Å².